The molecule has 6 nitrogen and oxygen atoms in total. The molecule has 1 aliphatic rings. The molecule has 0 unspecified atom stereocenters. The van der Waals surface area contributed by atoms with E-state index in [-0.39, 0.29) is 24.3 Å². The molecule has 1 aromatic rings. The Morgan fingerprint density at radius 3 is 2.26 bits per heavy atom. The van der Waals surface area contributed by atoms with E-state index in [1.54, 1.807) is 12.1 Å². The fraction of sp³-hybridized carbons (Fsp3) is 0.562. The number of rotatable bonds is 7. The Balaban J connectivity index is 1.95. The first-order valence-electron chi connectivity index (χ1n) is 8.05. The summed E-state index contributed by atoms with van der Waals surface area (Å²) in [6.45, 7) is 2.15. The first-order valence-corrected chi connectivity index (χ1v) is 9.54. The van der Waals surface area contributed by atoms with Gasteiger partial charge >= 0.3 is 5.97 Å². The van der Waals surface area contributed by atoms with Crippen LogP contribution in [0.25, 0.3) is 0 Å². The summed E-state index contributed by atoms with van der Waals surface area (Å²) in [4.78, 5) is 12.9. The average Bonchev–Trinajstić information content (AvgIpc) is 2.81. The predicted octanol–water partition coefficient (Wildman–Crippen LogP) is 2.21. The maximum atomic E-state index is 12.1. The smallest absolute Gasteiger partial charge is 0.303 e. The second-order valence-electron chi connectivity index (χ2n) is 5.79. The van der Waals surface area contributed by atoms with Crippen LogP contribution in [0.1, 0.15) is 38.5 Å². The monoisotopic (exact) mass is 340 g/mol. The number of carboxylic acid groups (broad SMARTS) is 1. The molecule has 7 heteroatoms. The summed E-state index contributed by atoms with van der Waals surface area (Å²) < 4.78 is 26.7. The Hall–Kier alpha value is -1.60. The average molecular weight is 340 g/mol. The van der Waals surface area contributed by atoms with Crippen molar-refractivity contribution in [3.8, 4) is 0 Å². The molecule has 23 heavy (non-hydrogen) atoms. The number of nitrogens with one attached hydrogen (secondary N) is 1. The lowest BCUT2D eigenvalue weighted by molar-refractivity contribution is -0.137. The molecule has 0 radical (unpaired) electrons. The van der Waals surface area contributed by atoms with Crippen molar-refractivity contribution in [2.45, 2.75) is 43.4 Å². The van der Waals surface area contributed by atoms with Gasteiger partial charge < -0.3 is 10.0 Å². The molecule has 0 aromatic heterocycles. The van der Waals surface area contributed by atoms with Crippen molar-refractivity contribution in [3.63, 3.8) is 0 Å². The van der Waals surface area contributed by atoms with E-state index in [2.05, 4.69) is 9.62 Å². The molecule has 1 fully saturated rings. The third kappa shape index (κ3) is 5.51. The van der Waals surface area contributed by atoms with Crippen LogP contribution in [0.4, 0.5) is 5.69 Å². The van der Waals surface area contributed by atoms with Gasteiger partial charge in [-0.1, -0.05) is 12.8 Å². The molecule has 128 valence electrons. The normalized spacial score (nSPS) is 16.1. The van der Waals surface area contributed by atoms with Crippen LogP contribution in [-0.2, 0) is 14.8 Å². The number of carbonyl (C=O) groups is 1. The maximum Gasteiger partial charge on any atom is 0.303 e. The molecule has 1 saturated heterocycles. The van der Waals surface area contributed by atoms with Gasteiger partial charge in [0.15, 0.2) is 0 Å². The molecule has 1 heterocycles. The highest BCUT2D eigenvalue weighted by Crippen LogP contribution is 2.21. The second kappa shape index (κ2) is 8.31. The van der Waals surface area contributed by atoms with Crippen molar-refractivity contribution < 1.29 is 18.3 Å². The zero-order valence-electron chi connectivity index (χ0n) is 13.2. The number of benzene rings is 1. The van der Waals surface area contributed by atoms with Gasteiger partial charge in [-0.25, -0.2) is 13.1 Å². The lowest BCUT2D eigenvalue weighted by atomic mass is 10.2. The minimum atomic E-state index is -3.57. The number of hydrogen-bond acceptors (Lipinski definition) is 4. The van der Waals surface area contributed by atoms with Crippen molar-refractivity contribution >= 4 is 21.7 Å². The third-order valence-corrected chi connectivity index (χ3v) is 5.45. The number of nitrogens with zero attached hydrogens (tertiary/aromatic N) is 1. The van der Waals surface area contributed by atoms with E-state index < -0.39 is 16.0 Å². The number of hydrogen-bond donors (Lipinski definition) is 2. The number of carboxylic acids is 1. The van der Waals surface area contributed by atoms with Crippen LogP contribution in [0, 0.1) is 0 Å². The molecule has 0 aliphatic carbocycles. The van der Waals surface area contributed by atoms with Gasteiger partial charge in [-0.05, 0) is 43.5 Å². The Bertz CT molecular complexity index is 605. The molecule has 2 N–H and O–H groups in total. The summed E-state index contributed by atoms with van der Waals surface area (Å²) >= 11 is 0. The zero-order chi connectivity index (χ0) is 16.7. The van der Waals surface area contributed by atoms with Gasteiger partial charge in [-0.3, -0.25) is 4.79 Å². The molecule has 0 atom stereocenters. The summed E-state index contributed by atoms with van der Waals surface area (Å²) in [5.41, 5.74) is 1.05. The Morgan fingerprint density at radius 1 is 1.09 bits per heavy atom. The van der Waals surface area contributed by atoms with Crippen LogP contribution in [0.5, 0.6) is 0 Å². The highest BCUT2D eigenvalue weighted by Gasteiger charge is 2.15. The first-order chi connectivity index (χ1) is 11.0. The summed E-state index contributed by atoms with van der Waals surface area (Å²) in [5, 5.41) is 8.55. The minimum absolute atomic E-state index is 0.0452. The second-order valence-corrected chi connectivity index (χ2v) is 7.56. The van der Waals surface area contributed by atoms with Crippen LogP contribution >= 0.6 is 0 Å². The van der Waals surface area contributed by atoms with Crippen LogP contribution in [0.15, 0.2) is 29.2 Å². The number of sulfonamides is 1. The Morgan fingerprint density at radius 2 is 1.70 bits per heavy atom. The van der Waals surface area contributed by atoms with E-state index in [9.17, 15) is 13.2 Å². The van der Waals surface area contributed by atoms with E-state index >= 15 is 0 Å². The van der Waals surface area contributed by atoms with E-state index in [0.29, 0.717) is 0 Å². The van der Waals surface area contributed by atoms with Crippen LogP contribution in [0.3, 0.4) is 0 Å². The van der Waals surface area contributed by atoms with Gasteiger partial charge in [0.25, 0.3) is 0 Å². The van der Waals surface area contributed by atoms with Crippen LogP contribution in [-0.4, -0.2) is 39.1 Å². The largest absolute Gasteiger partial charge is 0.481 e. The third-order valence-electron chi connectivity index (χ3n) is 3.98. The van der Waals surface area contributed by atoms with E-state index in [1.807, 2.05) is 12.1 Å². The number of aliphatic carboxylic acids is 1. The summed E-state index contributed by atoms with van der Waals surface area (Å²) in [7, 11) is -3.57. The van der Waals surface area contributed by atoms with Gasteiger partial charge in [0.05, 0.1) is 4.90 Å². The molecule has 2 rings (SSSR count). The number of anilines is 1. The minimum Gasteiger partial charge on any atom is -0.481 e. The van der Waals surface area contributed by atoms with Gasteiger partial charge in [0.2, 0.25) is 10.0 Å². The molecular weight excluding hydrogens is 316 g/mol. The molecular formula is C16H24N2O4S. The molecule has 0 amide bonds. The zero-order valence-corrected chi connectivity index (χ0v) is 14.0. The van der Waals surface area contributed by atoms with Crippen molar-refractivity contribution in [2.24, 2.45) is 0 Å². The van der Waals surface area contributed by atoms with E-state index in [4.69, 9.17) is 5.11 Å². The molecule has 0 bridgehead atoms. The van der Waals surface area contributed by atoms with Gasteiger partial charge in [0, 0.05) is 31.7 Å². The van der Waals surface area contributed by atoms with E-state index in [0.717, 1.165) is 18.8 Å². The van der Waals surface area contributed by atoms with E-state index in [1.165, 1.54) is 25.7 Å². The van der Waals surface area contributed by atoms with Crippen molar-refractivity contribution in [2.75, 3.05) is 24.5 Å². The molecule has 1 aliphatic heterocycles. The fourth-order valence-electron chi connectivity index (χ4n) is 2.69. The van der Waals surface area contributed by atoms with Crippen molar-refractivity contribution in [1.29, 1.82) is 0 Å². The Kier molecular flexibility index (Phi) is 6.41. The van der Waals surface area contributed by atoms with Gasteiger partial charge in [-0.15, -0.1) is 0 Å². The quantitative estimate of drug-likeness (QED) is 0.743. The maximum absolute atomic E-state index is 12.1. The van der Waals surface area contributed by atoms with Crippen LogP contribution in [0.2, 0.25) is 0 Å². The lowest BCUT2D eigenvalue weighted by Gasteiger charge is -2.22. The van der Waals surface area contributed by atoms with Crippen molar-refractivity contribution in [1.82, 2.24) is 4.72 Å². The Labute approximate surface area is 137 Å². The predicted molar refractivity (Wildman–Crippen MR) is 89.2 cm³/mol. The molecule has 0 spiro atoms. The topological polar surface area (TPSA) is 86.7 Å². The highest BCUT2D eigenvalue weighted by molar-refractivity contribution is 7.89. The standard InChI is InChI=1S/C16H24N2O4S/c19-16(20)6-5-11-17-23(21,22)15-9-7-14(8-10-15)18-12-3-1-2-4-13-18/h7-10,17H,1-6,11-13H2,(H,19,20). The SMILES string of the molecule is O=C(O)CCCNS(=O)(=O)c1ccc(N2CCCCCC2)cc1. The highest BCUT2D eigenvalue weighted by atomic mass is 32.2. The summed E-state index contributed by atoms with van der Waals surface area (Å²) in [5.74, 6) is -0.925. The molecule has 0 saturated carbocycles. The lowest BCUT2D eigenvalue weighted by Crippen LogP contribution is -2.26. The fourth-order valence-corrected chi connectivity index (χ4v) is 3.77. The van der Waals surface area contributed by atoms with Gasteiger partial charge in [-0.2, -0.15) is 0 Å². The summed E-state index contributed by atoms with van der Waals surface area (Å²) in [6.07, 6.45) is 5.08. The van der Waals surface area contributed by atoms with Crippen molar-refractivity contribution in [3.05, 3.63) is 24.3 Å². The molecule has 1 aromatic carbocycles. The van der Waals surface area contributed by atoms with Crippen LogP contribution < -0.4 is 9.62 Å². The summed E-state index contributed by atoms with van der Waals surface area (Å²) in [6, 6.07) is 6.91. The van der Waals surface area contributed by atoms with Gasteiger partial charge in [0.1, 0.15) is 0 Å². The first kappa shape index (κ1) is 17.7.